The van der Waals surface area contributed by atoms with E-state index in [1.807, 2.05) is 19.1 Å². The van der Waals surface area contributed by atoms with Crippen LogP contribution < -0.4 is 19.8 Å². The van der Waals surface area contributed by atoms with Crippen molar-refractivity contribution in [3.63, 3.8) is 0 Å². The van der Waals surface area contributed by atoms with Gasteiger partial charge in [0, 0.05) is 87.9 Å². The van der Waals surface area contributed by atoms with Crippen molar-refractivity contribution in [1.29, 1.82) is 0 Å². The van der Waals surface area contributed by atoms with Gasteiger partial charge < -0.3 is 20.4 Å². The fraction of sp³-hybridized carbons (Fsp3) is 0.471. The zero-order chi connectivity index (χ0) is 33.1. The normalized spacial score (nSPS) is 16.8. The summed E-state index contributed by atoms with van der Waals surface area (Å²) in [6, 6.07) is 10.8. The molecule has 0 atom stereocenters. The third kappa shape index (κ3) is 7.26. The molecule has 12 nitrogen and oxygen atoms in total. The van der Waals surface area contributed by atoms with Gasteiger partial charge >= 0.3 is 0 Å². The summed E-state index contributed by atoms with van der Waals surface area (Å²) >= 11 is 0. The zero-order valence-electron chi connectivity index (χ0n) is 28.1. The maximum atomic E-state index is 12.6. The highest BCUT2D eigenvalue weighted by atomic mass is 32.2. The van der Waals surface area contributed by atoms with Crippen LogP contribution in [0.2, 0.25) is 0 Å². The molecule has 13 heteroatoms. The average molecular weight is 659 g/mol. The molecular formula is C34H46N10O2S. The number of rotatable bonds is 10. The Kier molecular flexibility index (Phi) is 9.76. The van der Waals surface area contributed by atoms with Crippen molar-refractivity contribution in [3.05, 3.63) is 60.0 Å². The van der Waals surface area contributed by atoms with Gasteiger partial charge in [0.05, 0.1) is 17.5 Å². The highest BCUT2D eigenvalue weighted by Crippen LogP contribution is 2.36. The SMILES string of the molecule is CCc1cc(Nc2ncc(CC)c(Nc3ccc4nccnc4c3N(C)S(C)(=O)=O)n2)ccc1N1CCC(N2CCN(C)CC2)CC1. The van der Waals surface area contributed by atoms with Crippen molar-refractivity contribution in [3.8, 4) is 0 Å². The Bertz CT molecular complexity index is 1820. The summed E-state index contributed by atoms with van der Waals surface area (Å²) in [5, 5.41) is 6.80. The molecule has 2 fully saturated rings. The molecule has 0 aliphatic carbocycles. The Balaban J connectivity index is 1.21. The minimum absolute atomic E-state index is 0.406. The molecule has 2 saturated heterocycles. The summed E-state index contributed by atoms with van der Waals surface area (Å²) in [7, 11) is 0.150. The predicted molar refractivity (Wildman–Crippen MR) is 191 cm³/mol. The van der Waals surface area contributed by atoms with Crippen LogP contribution in [0, 0.1) is 0 Å². The van der Waals surface area contributed by atoms with Gasteiger partial charge in [-0.1, -0.05) is 13.8 Å². The van der Waals surface area contributed by atoms with E-state index < -0.39 is 10.0 Å². The number of sulfonamides is 1. The second-order valence-corrected chi connectivity index (χ2v) is 14.6. The fourth-order valence-electron chi connectivity index (χ4n) is 6.61. The number of anilines is 6. The minimum Gasteiger partial charge on any atom is -0.371 e. The average Bonchev–Trinajstić information content (AvgIpc) is 3.08. The smallest absolute Gasteiger partial charge is 0.232 e. The molecule has 2 N–H and O–H groups in total. The number of fused-ring (bicyclic) bond motifs is 1. The second kappa shape index (κ2) is 14.0. The van der Waals surface area contributed by atoms with E-state index in [4.69, 9.17) is 4.98 Å². The van der Waals surface area contributed by atoms with Crippen LogP contribution in [0.5, 0.6) is 0 Å². The Morgan fingerprint density at radius 2 is 1.62 bits per heavy atom. The summed E-state index contributed by atoms with van der Waals surface area (Å²) in [4.78, 5) is 25.9. The lowest BCUT2D eigenvalue weighted by Gasteiger charge is -2.43. The van der Waals surface area contributed by atoms with Crippen LogP contribution in [-0.4, -0.2) is 104 Å². The number of piperazine rings is 1. The van der Waals surface area contributed by atoms with Crippen molar-refractivity contribution >= 4 is 55.6 Å². The van der Waals surface area contributed by atoms with Crippen LogP contribution in [0.1, 0.15) is 37.8 Å². The first kappa shape index (κ1) is 32.9. The first-order valence-electron chi connectivity index (χ1n) is 16.5. The molecule has 2 aromatic heterocycles. The molecule has 0 spiro atoms. The van der Waals surface area contributed by atoms with Gasteiger partial charge in [-0.05, 0) is 68.6 Å². The van der Waals surface area contributed by atoms with Crippen LogP contribution in [0.15, 0.2) is 48.9 Å². The van der Waals surface area contributed by atoms with Gasteiger partial charge in [0.25, 0.3) is 0 Å². The van der Waals surface area contributed by atoms with E-state index in [-0.39, 0.29) is 0 Å². The van der Waals surface area contributed by atoms with E-state index in [9.17, 15) is 8.42 Å². The maximum Gasteiger partial charge on any atom is 0.232 e. The Labute approximate surface area is 278 Å². The zero-order valence-corrected chi connectivity index (χ0v) is 28.9. The number of hydrogen-bond acceptors (Lipinski definition) is 11. The molecule has 0 radical (unpaired) electrons. The lowest BCUT2D eigenvalue weighted by atomic mass is 10.00. The van der Waals surface area contributed by atoms with E-state index in [0.717, 1.165) is 43.9 Å². The highest BCUT2D eigenvalue weighted by Gasteiger charge is 2.27. The number of aromatic nitrogens is 4. The lowest BCUT2D eigenvalue weighted by molar-refractivity contribution is 0.0982. The third-order valence-electron chi connectivity index (χ3n) is 9.50. The molecule has 2 aliphatic rings. The van der Waals surface area contributed by atoms with Crippen LogP contribution in [-0.2, 0) is 22.9 Å². The largest absolute Gasteiger partial charge is 0.371 e. The van der Waals surface area contributed by atoms with Crippen LogP contribution >= 0.6 is 0 Å². The molecule has 0 bridgehead atoms. The summed E-state index contributed by atoms with van der Waals surface area (Å²) in [5.41, 5.74) is 6.46. The number of nitrogens with one attached hydrogen (secondary N) is 2. The standard InChI is InChI=1S/C34H46N10O2S/c1-6-24-22-26(8-11-30(24)44-16-12-27(13-17-44)43-20-18-41(3)19-21-43)38-34-37-23-25(7-2)33(40-34)39-29-10-9-28-31(36-15-14-35-28)32(29)42(4)47(5,45)46/h8-11,14-15,22-23,27H,6-7,12-13,16-21H2,1-5H3,(H2,37,38,39,40). The lowest BCUT2D eigenvalue weighted by Crippen LogP contribution is -2.52. The maximum absolute atomic E-state index is 12.6. The molecule has 250 valence electrons. The quantitative estimate of drug-likeness (QED) is 0.248. The van der Waals surface area contributed by atoms with Gasteiger partial charge in [0.1, 0.15) is 17.0 Å². The fourth-order valence-corrected chi connectivity index (χ4v) is 7.13. The second-order valence-electron chi connectivity index (χ2n) is 12.5. The van der Waals surface area contributed by atoms with E-state index in [1.165, 1.54) is 54.8 Å². The van der Waals surface area contributed by atoms with Crippen molar-refractivity contribution in [2.24, 2.45) is 0 Å². The molecule has 4 heterocycles. The Morgan fingerprint density at radius 1 is 0.894 bits per heavy atom. The molecule has 2 aromatic carbocycles. The van der Waals surface area contributed by atoms with Gasteiger partial charge in [-0.15, -0.1) is 0 Å². The molecule has 0 unspecified atom stereocenters. The number of likely N-dealkylation sites (N-methyl/N-ethyl adjacent to an activating group) is 1. The molecule has 47 heavy (non-hydrogen) atoms. The van der Waals surface area contributed by atoms with Gasteiger partial charge in [-0.25, -0.2) is 13.4 Å². The van der Waals surface area contributed by atoms with Crippen molar-refractivity contribution in [1.82, 2.24) is 29.7 Å². The van der Waals surface area contributed by atoms with Gasteiger partial charge in [0.2, 0.25) is 16.0 Å². The third-order valence-corrected chi connectivity index (χ3v) is 10.7. The summed E-state index contributed by atoms with van der Waals surface area (Å²) in [5.74, 6) is 1.04. The minimum atomic E-state index is -3.58. The molecule has 0 amide bonds. The molecule has 0 saturated carbocycles. The van der Waals surface area contributed by atoms with Crippen LogP contribution in [0.3, 0.4) is 0 Å². The van der Waals surface area contributed by atoms with E-state index >= 15 is 0 Å². The monoisotopic (exact) mass is 658 g/mol. The highest BCUT2D eigenvalue weighted by molar-refractivity contribution is 7.92. The summed E-state index contributed by atoms with van der Waals surface area (Å²) in [6.07, 6.45) is 10.1. The summed E-state index contributed by atoms with van der Waals surface area (Å²) in [6.45, 7) is 11.1. The molecule has 4 aromatic rings. The van der Waals surface area contributed by atoms with Gasteiger partial charge in [-0.3, -0.25) is 19.2 Å². The van der Waals surface area contributed by atoms with Crippen molar-refractivity contribution in [2.75, 3.05) is 79.5 Å². The van der Waals surface area contributed by atoms with Crippen molar-refractivity contribution in [2.45, 2.75) is 45.6 Å². The van der Waals surface area contributed by atoms with Gasteiger partial charge in [-0.2, -0.15) is 4.98 Å². The number of benzene rings is 2. The molecule has 2 aliphatic heterocycles. The van der Waals surface area contributed by atoms with E-state index in [0.29, 0.717) is 46.6 Å². The van der Waals surface area contributed by atoms with Crippen molar-refractivity contribution < 1.29 is 8.42 Å². The number of aryl methyl sites for hydroxylation is 2. The van der Waals surface area contributed by atoms with E-state index in [2.05, 4.69) is 72.5 Å². The van der Waals surface area contributed by atoms with Crippen LogP contribution in [0.4, 0.5) is 34.5 Å². The number of hydrogen-bond donors (Lipinski definition) is 2. The topological polar surface area (TPSA) is 123 Å². The predicted octanol–water partition coefficient (Wildman–Crippen LogP) is 4.64. The number of nitrogens with zero attached hydrogens (tertiary/aromatic N) is 8. The molecule has 6 rings (SSSR count). The summed E-state index contributed by atoms with van der Waals surface area (Å²) < 4.78 is 26.5. The van der Waals surface area contributed by atoms with Gasteiger partial charge in [0.15, 0.2) is 0 Å². The first-order chi connectivity index (χ1) is 22.6. The first-order valence-corrected chi connectivity index (χ1v) is 18.4. The Morgan fingerprint density at radius 3 is 2.32 bits per heavy atom. The van der Waals surface area contributed by atoms with Crippen LogP contribution in [0.25, 0.3) is 11.0 Å². The Hall–Kier alpha value is -4.07. The van der Waals surface area contributed by atoms with E-state index in [1.54, 1.807) is 18.6 Å². The number of piperidine rings is 1. The molecular weight excluding hydrogens is 613 g/mol.